The van der Waals surface area contributed by atoms with Gasteiger partial charge in [0.1, 0.15) is 12.7 Å². The Balaban J connectivity index is 2.38. The molecule has 1 aromatic heterocycles. The molecular formula is C10H14N4O. The number of aryl methyl sites for hydroxylation is 1. The number of hydrogen-bond acceptors (Lipinski definition) is 3. The minimum atomic E-state index is 0.0472. The van der Waals surface area contributed by atoms with Gasteiger partial charge in [0.25, 0.3) is 0 Å². The number of carbonyl (C=O) groups excluding carboxylic acids is 1. The van der Waals surface area contributed by atoms with Crippen molar-refractivity contribution >= 4 is 5.91 Å². The molecule has 1 heterocycles. The second-order valence-electron chi connectivity index (χ2n) is 3.02. The number of aromatic nitrogens is 3. The Morgan fingerprint density at radius 2 is 2.47 bits per heavy atom. The fraction of sp³-hybridized carbons (Fsp3) is 0.500. The highest BCUT2D eigenvalue weighted by Gasteiger charge is 2.09. The van der Waals surface area contributed by atoms with Crippen molar-refractivity contribution in [1.82, 2.24) is 19.7 Å². The summed E-state index contributed by atoms with van der Waals surface area (Å²) in [6, 6.07) is 0. The van der Waals surface area contributed by atoms with Gasteiger partial charge >= 0.3 is 0 Å². The molecule has 0 aliphatic carbocycles. The van der Waals surface area contributed by atoms with Crippen LogP contribution in [0.3, 0.4) is 0 Å². The zero-order chi connectivity index (χ0) is 11.1. The Morgan fingerprint density at radius 3 is 3.00 bits per heavy atom. The van der Waals surface area contributed by atoms with Gasteiger partial charge in [0, 0.05) is 13.0 Å². The summed E-state index contributed by atoms with van der Waals surface area (Å²) in [5, 5.41) is 3.91. The van der Waals surface area contributed by atoms with Crippen molar-refractivity contribution in [3.05, 3.63) is 12.7 Å². The zero-order valence-electron chi connectivity index (χ0n) is 8.76. The summed E-state index contributed by atoms with van der Waals surface area (Å²) >= 11 is 0. The first kappa shape index (κ1) is 11.2. The predicted molar refractivity (Wildman–Crippen MR) is 55.7 cm³/mol. The van der Waals surface area contributed by atoms with Gasteiger partial charge in [-0.1, -0.05) is 5.92 Å². The van der Waals surface area contributed by atoms with E-state index >= 15 is 0 Å². The normalized spacial score (nSPS) is 9.60. The highest BCUT2D eigenvalue weighted by molar-refractivity contribution is 5.76. The monoisotopic (exact) mass is 206 g/mol. The van der Waals surface area contributed by atoms with Crippen LogP contribution < -0.4 is 0 Å². The molecule has 0 saturated heterocycles. The van der Waals surface area contributed by atoms with Gasteiger partial charge in [0.15, 0.2) is 0 Å². The maximum Gasteiger partial charge on any atom is 0.225 e. The fourth-order valence-electron chi connectivity index (χ4n) is 1.20. The lowest BCUT2D eigenvalue weighted by atomic mass is 10.3. The number of amides is 1. The van der Waals surface area contributed by atoms with Gasteiger partial charge in [-0.05, 0) is 6.92 Å². The van der Waals surface area contributed by atoms with Crippen LogP contribution in [0, 0.1) is 12.3 Å². The fourth-order valence-corrected chi connectivity index (χ4v) is 1.20. The standard InChI is InChI=1S/C10H14N4O/c1-3-6-13(4-2)10(15)5-7-14-9-11-8-12-14/h1,8-9H,4-7H2,2H3. The molecule has 1 rings (SSSR count). The summed E-state index contributed by atoms with van der Waals surface area (Å²) in [6.45, 7) is 3.46. The molecule has 0 aliphatic heterocycles. The van der Waals surface area contributed by atoms with Crippen molar-refractivity contribution in [2.45, 2.75) is 19.9 Å². The van der Waals surface area contributed by atoms with E-state index in [4.69, 9.17) is 6.42 Å². The first-order valence-corrected chi connectivity index (χ1v) is 4.81. The second-order valence-corrected chi connectivity index (χ2v) is 3.02. The molecule has 0 bridgehead atoms. The highest BCUT2D eigenvalue weighted by Crippen LogP contribution is 1.95. The molecule has 80 valence electrons. The molecule has 0 radical (unpaired) electrons. The summed E-state index contributed by atoms with van der Waals surface area (Å²) in [7, 11) is 0. The molecule has 0 saturated carbocycles. The Bertz CT molecular complexity index is 339. The maximum absolute atomic E-state index is 11.6. The van der Waals surface area contributed by atoms with Crippen LogP contribution >= 0.6 is 0 Å². The van der Waals surface area contributed by atoms with Crippen LogP contribution in [0.1, 0.15) is 13.3 Å². The summed E-state index contributed by atoms with van der Waals surface area (Å²) in [6.07, 6.45) is 8.60. The van der Waals surface area contributed by atoms with Gasteiger partial charge in [0.2, 0.25) is 5.91 Å². The van der Waals surface area contributed by atoms with Crippen molar-refractivity contribution in [2.24, 2.45) is 0 Å². The lowest BCUT2D eigenvalue weighted by Crippen LogP contribution is -2.31. The first-order chi connectivity index (χ1) is 7.27. The van der Waals surface area contributed by atoms with Gasteiger partial charge in [-0.15, -0.1) is 6.42 Å². The van der Waals surface area contributed by atoms with Crippen molar-refractivity contribution in [3.63, 3.8) is 0 Å². The average molecular weight is 206 g/mol. The topological polar surface area (TPSA) is 51.0 Å². The molecule has 1 amide bonds. The molecule has 5 heteroatoms. The van der Waals surface area contributed by atoms with Gasteiger partial charge in [-0.25, -0.2) is 4.98 Å². The smallest absolute Gasteiger partial charge is 0.225 e. The third-order valence-corrected chi connectivity index (χ3v) is 2.04. The summed E-state index contributed by atoms with van der Waals surface area (Å²) in [4.78, 5) is 17.1. The molecule has 0 N–H and O–H groups in total. The van der Waals surface area contributed by atoms with Gasteiger partial charge in [0.05, 0.1) is 13.1 Å². The van der Waals surface area contributed by atoms with Gasteiger partial charge in [-0.2, -0.15) is 5.10 Å². The molecule has 0 fully saturated rings. The number of nitrogens with zero attached hydrogens (tertiary/aromatic N) is 4. The minimum Gasteiger partial charge on any atom is -0.332 e. The van der Waals surface area contributed by atoms with Crippen LogP contribution in [0.25, 0.3) is 0 Å². The zero-order valence-corrected chi connectivity index (χ0v) is 8.76. The SMILES string of the molecule is C#CCN(CC)C(=O)CCn1cncn1. The van der Waals surface area contributed by atoms with Crippen LogP contribution in [0.5, 0.6) is 0 Å². The molecule has 15 heavy (non-hydrogen) atoms. The van der Waals surface area contributed by atoms with E-state index in [1.807, 2.05) is 6.92 Å². The molecular weight excluding hydrogens is 192 g/mol. The molecule has 0 aromatic carbocycles. The molecule has 0 atom stereocenters. The first-order valence-electron chi connectivity index (χ1n) is 4.81. The van der Waals surface area contributed by atoms with Crippen molar-refractivity contribution in [3.8, 4) is 12.3 Å². The maximum atomic E-state index is 11.6. The van der Waals surface area contributed by atoms with Crippen LogP contribution in [0.2, 0.25) is 0 Å². The molecule has 0 unspecified atom stereocenters. The second kappa shape index (κ2) is 5.81. The third kappa shape index (κ3) is 3.43. The van der Waals surface area contributed by atoms with Crippen molar-refractivity contribution < 1.29 is 4.79 Å². The quantitative estimate of drug-likeness (QED) is 0.644. The van der Waals surface area contributed by atoms with E-state index in [-0.39, 0.29) is 5.91 Å². The lowest BCUT2D eigenvalue weighted by molar-refractivity contribution is -0.130. The van der Waals surface area contributed by atoms with E-state index in [2.05, 4.69) is 16.0 Å². The Hall–Kier alpha value is -1.83. The third-order valence-electron chi connectivity index (χ3n) is 2.04. The highest BCUT2D eigenvalue weighted by atomic mass is 16.2. The molecule has 5 nitrogen and oxygen atoms in total. The Labute approximate surface area is 89.1 Å². The van der Waals surface area contributed by atoms with Crippen LogP contribution in [0.4, 0.5) is 0 Å². The summed E-state index contributed by atoms with van der Waals surface area (Å²) in [5.74, 6) is 2.51. The Morgan fingerprint density at radius 1 is 1.67 bits per heavy atom. The van der Waals surface area contributed by atoms with Gasteiger partial charge < -0.3 is 4.90 Å². The average Bonchev–Trinajstić information content (AvgIpc) is 2.75. The summed E-state index contributed by atoms with van der Waals surface area (Å²) < 4.78 is 1.63. The van der Waals surface area contributed by atoms with E-state index in [1.165, 1.54) is 6.33 Å². The van der Waals surface area contributed by atoms with E-state index in [0.29, 0.717) is 26.1 Å². The number of carbonyl (C=O) groups is 1. The van der Waals surface area contributed by atoms with E-state index in [0.717, 1.165) is 0 Å². The van der Waals surface area contributed by atoms with Crippen molar-refractivity contribution in [1.29, 1.82) is 0 Å². The summed E-state index contributed by atoms with van der Waals surface area (Å²) in [5.41, 5.74) is 0. The van der Waals surface area contributed by atoms with Crippen LogP contribution in [-0.2, 0) is 11.3 Å². The lowest BCUT2D eigenvalue weighted by Gasteiger charge is -2.17. The van der Waals surface area contributed by atoms with E-state index < -0.39 is 0 Å². The minimum absolute atomic E-state index is 0.0472. The number of rotatable bonds is 5. The number of hydrogen-bond donors (Lipinski definition) is 0. The number of terminal acetylenes is 1. The van der Waals surface area contributed by atoms with Crippen LogP contribution in [-0.4, -0.2) is 38.7 Å². The van der Waals surface area contributed by atoms with E-state index in [9.17, 15) is 4.79 Å². The molecule has 0 spiro atoms. The van der Waals surface area contributed by atoms with Gasteiger partial charge in [-0.3, -0.25) is 9.48 Å². The molecule has 0 aliphatic rings. The molecule has 1 aromatic rings. The van der Waals surface area contributed by atoms with E-state index in [1.54, 1.807) is 15.9 Å². The predicted octanol–water partition coefficient (Wildman–Crippen LogP) is 0.150. The van der Waals surface area contributed by atoms with Crippen LogP contribution in [0.15, 0.2) is 12.7 Å². The largest absolute Gasteiger partial charge is 0.332 e. The Kier molecular flexibility index (Phi) is 4.35. The van der Waals surface area contributed by atoms with Crippen molar-refractivity contribution in [2.75, 3.05) is 13.1 Å².